The lowest BCUT2D eigenvalue weighted by Crippen LogP contribution is -2.43. The normalized spacial score (nSPS) is 16.2. The summed E-state index contributed by atoms with van der Waals surface area (Å²) >= 11 is 0. The second kappa shape index (κ2) is 5.93. The molecule has 1 fully saturated rings. The van der Waals surface area contributed by atoms with Gasteiger partial charge in [0.2, 0.25) is 0 Å². The lowest BCUT2D eigenvalue weighted by molar-refractivity contribution is 0.283. The predicted molar refractivity (Wildman–Crippen MR) is 75.8 cm³/mol. The number of amidine groups is 1. The van der Waals surface area contributed by atoms with E-state index in [9.17, 15) is 5.11 Å². The van der Waals surface area contributed by atoms with Crippen LogP contribution in [0.4, 0.5) is 5.69 Å². The number of aryl methyl sites for hydroxylation is 1. The van der Waals surface area contributed by atoms with E-state index < -0.39 is 0 Å². The van der Waals surface area contributed by atoms with E-state index in [-0.39, 0.29) is 12.4 Å². The molecule has 0 unspecified atom stereocenters. The number of nitrogens with two attached hydrogens (primary N) is 1. The number of aliphatic hydroxyl groups is 1. The quantitative estimate of drug-likeness (QED) is 0.325. The SMILES string of the molecule is Cc1ccc(N(CCO)C2CCC2)c(/C(N)=N/O)c1. The van der Waals surface area contributed by atoms with E-state index in [0.29, 0.717) is 12.6 Å². The molecule has 1 aromatic rings. The number of oxime groups is 1. The van der Waals surface area contributed by atoms with Crippen LogP contribution in [0.25, 0.3) is 0 Å². The molecule has 1 saturated carbocycles. The summed E-state index contributed by atoms with van der Waals surface area (Å²) in [6.45, 7) is 2.64. The minimum absolute atomic E-state index is 0.0972. The molecule has 0 aromatic heterocycles. The van der Waals surface area contributed by atoms with Gasteiger partial charge in [0, 0.05) is 23.8 Å². The summed E-state index contributed by atoms with van der Waals surface area (Å²) in [5.74, 6) is 0.112. The first-order chi connectivity index (χ1) is 9.17. The van der Waals surface area contributed by atoms with Gasteiger partial charge in [-0.25, -0.2) is 0 Å². The van der Waals surface area contributed by atoms with E-state index in [4.69, 9.17) is 10.9 Å². The molecule has 0 heterocycles. The largest absolute Gasteiger partial charge is 0.409 e. The summed E-state index contributed by atoms with van der Waals surface area (Å²) in [7, 11) is 0. The molecule has 0 aliphatic heterocycles. The van der Waals surface area contributed by atoms with Crippen LogP contribution < -0.4 is 10.6 Å². The first-order valence-corrected chi connectivity index (χ1v) is 6.63. The Labute approximate surface area is 113 Å². The molecule has 5 heteroatoms. The fraction of sp³-hybridized carbons (Fsp3) is 0.500. The van der Waals surface area contributed by atoms with Crippen molar-refractivity contribution in [2.75, 3.05) is 18.1 Å². The molecular formula is C14H21N3O2. The predicted octanol–water partition coefficient (Wildman–Crippen LogP) is 1.44. The Morgan fingerprint density at radius 3 is 2.74 bits per heavy atom. The van der Waals surface area contributed by atoms with E-state index in [1.165, 1.54) is 6.42 Å². The molecular weight excluding hydrogens is 242 g/mol. The third-order valence-electron chi connectivity index (χ3n) is 3.70. The van der Waals surface area contributed by atoms with Crippen LogP contribution >= 0.6 is 0 Å². The monoisotopic (exact) mass is 263 g/mol. The number of aliphatic hydroxyl groups excluding tert-OH is 1. The molecule has 0 spiro atoms. The van der Waals surface area contributed by atoms with Gasteiger partial charge in [-0.05, 0) is 38.3 Å². The summed E-state index contributed by atoms with van der Waals surface area (Å²) in [5, 5.41) is 21.3. The molecule has 104 valence electrons. The average Bonchev–Trinajstić information content (AvgIpc) is 2.35. The van der Waals surface area contributed by atoms with Crippen molar-refractivity contribution < 1.29 is 10.3 Å². The van der Waals surface area contributed by atoms with Crippen molar-refractivity contribution in [3.63, 3.8) is 0 Å². The molecule has 1 aromatic carbocycles. The molecule has 0 amide bonds. The average molecular weight is 263 g/mol. The highest BCUT2D eigenvalue weighted by Gasteiger charge is 2.26. The van der Waals surface area contributed by atoms with Gasteiger partial charge >= 0.3 is 0 Å². The Bertz CT molecular complexity index is 470. The van der Waals surface area contributed by atoms with E-state index in [1.807, 2.05) is 25.1 Å². The molecule has 5 nitrogen and oxygen atoms in total. The van der Waals surface area contributed by atoms with Crippen molar-refractivity contribution in [1.82, 2.24) is 0 Å². The van der Waals surface area contributed by atoms with Crippen LogP contribution in [0.5, 0.6) is 0 Å². The molecule has 0 radical (unpaired) electrons. The smallest absolute Gasteiger partial charge is 0.172 e. The Balaban J connectivity index is 2.40. The van der Waals surface area contributed by atoms with Crippen molar-refractivity contribution in [2.24, 2.45) is 10.9 Å². The fourth-order valence-corrected chi connectivity index (χ4v) is 2.47. The van der Waals surface area contributed by atoms with Crippen LogP contribution in [0.15, 0.2) is 23.4 Å². The zero-order chi connectivity index (χ0) is 13.8. The maximum Gasteiger partial charge on any atom is 0.172 e. The van der Waals surface area contributed by atoms with Gasteiger partial charge in [0.1, 0.15) is 0 Å². The van der Waals surface area contributed by atoms with Crippen molar-refractivity contribution in [2.45, 2.75) is 32.2 Å². The molecule has 1 aliphatic rings. The van der Waals surface area contributed by atoms with Gasteiger partial charge in [-0.2, -0.15) is 0 Å². The highest BCUT2D eigenvalue weighted by molar-refractivity contribution is 6.02. The van der Waals surface area contributed by atoms with Crippen molar-refractivity contribution in [3.8, 4) is 0 Å². The van der Waals surface area contributed by atoms with Crippen LogP contribution in [0, 0.1) is 6.92 Å². The fourth-order valence-electron chi connectivity index (χ4n) is 2.47. The molecule has 0 atom stereocenters. The van der Waals surface area contributed by atoms with Crippen LogP contribution in [0.1, 0.15) is 30.4 Å². The molecule has 0 bridgehead atoms. The summed E-state index contributed by atoms with van der Waals surface area (Å²) < 4.78 is 0. The zero-order valence-corrected chi connectivity index (χ0v) is 11.2. The maximum absolute atomic E-state index is 9.26. The van der Waals surface area contributed by atoms with Crippen LogP contribution in [0.2, 0.25) is 0 Å². The number of hydrogen-bond acceptors (Lipinski definition) is 4. The second-order valence-corrected chi connectivity index (χ2v) is 5.01. The number of hydrogen-bond donors (Lipinski definition) is 3. The van der Waals surface area contributed by atoms with Gasteiger partial charge in [0.05, 0.1) is 6.61 Å². The lowest BCUT2D eigenvalue weighted by atomic mass is 9.90. The van der Waals surface area contributed by atoms with E-state index in [1.54, 1.807) is 0 Å². The molecule has 1 aliphatic carbocycles. The Hall–Kier alpha value is -1.75. The first kappa shape index (κ1) is 13.7. The standard InChI is InChI=1S/C14H21N3O2/c1-10-5-6-13(12(9-10)14(15)16-19)17(7-8-18)11-3-2-4-11/h5-6,9,11,18-19H,2-4,7-8H2,1H3,(H2,15,16). The Kier molecular flexibility index (Phi) is 4.27. The highest BCUT2D eigenvalue weighted by Crippen LogP contribution is 2.31. The van der Waals surface area contributed by atoms with Gasteiger partial charge in [-0.3, -0.25) is 0 Å². The third kappa shape index (κ3) is 2.81. The Morgan fingerprint density at radius 1 is 1.47 bits per heavy atom. The van der Waals surface area contributed by atoms with Crippen LogP contribution in [-0.4, -0.2) is 35.3 Å². The second-order valence-electron chi connectivity index (χ2n) is 5.01. The van der Waals surface area contributed by atoms with Gasteiger partial charge in [0.25, 0.3) is 0 Å². The number of anilines is 1. The highest BCUT2D eigenvalue weighted by atomic mass is 16.4. The number of nitrogens with zero attached hydrogens (tertiary/aromatic N) is 2. The molecule has 19 heavy (non-hydrogen) atoms. The van der Waals surface area contributed by atoms with Crippen LogP contribution in [0.3, 0.4) is 0 Å². The van der Waals surface area contributed by atoms with Crippen molar-refractivity contribution in [3.05, 3.63) is 29.3 Å². The summed E-state index contributed by atoms with van der Waals surface area (Å²) in [6.07, 6.45) is 3.48. The molecule has 0 saturated heterocycles. The topological polar surface area (TPSA) is 82.1 Å². The van der Waals surface area contributed by atoms with Gasteiger partial charge in [-0.1, -0.05) is 16.8 Å². The zero-order valence-electron chi connectivity index (χ0n) is 11.2. The van der Waals surface area contributed by atoms with Crippen molar-refractivity contribution >= 4 is 11.5 Å². The third-order valence-corrected chi connectivity index (χ3v) is 3.70. The van der Waals surface area contributed by atoms with E-state index in [2.05, 4.69) is 10.1 Å². The van der Waals surface area contributed by atoms with E-state index >= 15 is 0 Å². The summed E-state index contributed by atoms with van der Waals surface area (Å²) in [5.41, 5.74) is 8.48. The van der Waals surface area contributed by atoms with Gasteiger partial charge < -0.3 is 20.9 Å². The minimum atomic E-state index is 0.0972. The van der Waals surface area contributed by atoms with Crippen LogP contribution in [-0.2, 0) is 0 Å². The summed E-state index contributed by atoms with van der Waals surface area (Å²) in [6, 6.07) is 6.34. The number of benzene rings is 1. The molecule has 2 rings (SSSR count). The number of rotatable bonds is 5. The first-order valence-electron chi connectivity index (χ1n) is 6.63. The van der Waals surface area contributed by atoms with Crippen molar-refractivity contribution in [1.29, 1.82) is 0 Å². The van der Waals surface area contributed by atoms with Gasteiger partial charge in [-0.15, -0.1) is 0 Å². The Morgan fingerprint density at radius 2 is 2.21 bits per heavy atom. The minimum Gasteiger partial charge on any atom is -0.409 e. The van der Waals surface area contributed by atoms with Gasteiger partial charge in [0.15, 0.2) is 5.84 Å². The lowest BCUT2D eigenvalue weighted by Gasteiger charge is -2.40. The van der Waals surface area contributed by atoms with E-state index in [0.717, 1.165) is 29.7 Å². The summed E-state index contributed by atoms with van der Waals surface area (Å²) in [4.78, 5) is 2.16. The maximum atomic E-state index is 9.26. The molecule has 4 N–H and O–H groups in total.